The van der Waals surface area contributed by atoms with E-state index >= 15 is 0 Å². The third kappa shape index (κ3) is 8.85. The Kier molecular flexibility index (Phi) is 13.2. The Morgan fingerprint density at radius 2 is 1.31 bits per heavy atom. The Balaban J connectivity index is 4.25. The summed E-state index contributed by atoms with van der Waals surface area (Å²) in [6.07, 6.45) is 16.4. The van der Waals surface area contributed by atoms with Gasteiger partial charge in [0.25, 0.3) is 0 Å². The summed E-state index contributed by atoms with van der Waals surface area (Å²) in [4.78, 5) is 11.7. The normalized spacial score (nSPS) is 13.8. The highest BCUT2D eigenvalue weighted by molar-refractivity contribution is 5.76. The molecule has 0 bridgehead atoms. The molecule has 0 spiro atoms. The van der Waals surface area contributed by atoms with Gasteiger partial charge in [-0.05, 0) is 25.8 Å². The lowest BCUT2D eigenvalue weighted by Gasteiger charge is -2.47. The van der Waals surface area contributed by atoms with Crippen molar-refractivity contribution in [2.75, 3.05) is 20.6 Å². The van der Waals surface area contributed by atoms with E-state index in [4.69, 9.17) is 5.73 Å². The fourth-order valence-corrected chi connectivity index (χ4v) is 3.71. The lowest BCUT2D eigenvalue weighted by atomic mass is 9.92. The highest BCUT2D eigenvalue weighted by Gasteiger charge is 2.47. The van der Waals surface area contributed by atoms with Crippen molar-refractivity contribution < 1.29 is 14.4 Å². The highest BCUT2D eigenvalue weighted by Crippen LogP contribution is 2.30. The van der Waals surface area contributed by atoms with Gasteiger partial charge >= 0.3 is 5.97 Å². The molecule has 4 nitrogen and oxygen atoms in total. The van der Waals surface area contributed by atoms with Crippen LogP contribution in [0.1, 0.15) is 104 Å². The summed E-state index contributed by atoms with van der Waals surface area (Å²) in [6.45, 7) is 6.65. The molecule has 0 aromatic rings. The minimum atomic E-state index is -0.780. The summed E-state index contributed by atoms with van der Waals surface area (Å²) in [5.41, 5.74) is 4.94. The van der Waals surface area contributed by atoms with Crippen LogP contribution in [0.4, 0.5) is 0 Å². The maximum absolute atomic E-state index is 11.7. The lowest BCUT2D eigenvalue weighted by molar-refractivity contribution is -0.952. The molecule has 4 heteroatoms. The average molecular weight is 372 g/mol. The summed E-state index contributed by atoms with van der Waals surface area (Å²) in [6, 6.07) is 0.360. The van der Waals surface area contributed by atoms with Crippen LogP contribution in [0.3, 0.4) is 0 Å². The number of rotatable bonds is 17. The van der Waals surface area contributed by atoms with Gasteiger partial charge in [0.1, 0.15) is 0 Å². The van der Waals surface area contributed by atoms with Crippen LogP contribution < -0.4 is 5.73 Å². The second-order valence-corrected chi connectivity index (χ2v) is 8.96. The van der Waals surface area contributed by atoms with Crippen LogP contribution in [-0.2, 0) is 4.79 Å². The molecule has 0 amide bonds. The molecule has 0 radical (unpaired) electrons. The first kappa shape index (κ1) is 25.4. The van der Waals surface area contributed by atoms with E-state index in [2.05, 4.69) is 21.0 Å². The SMILES string of the molecule is CCCCCCCCCCCCC(CCCN)[N+](C)(C)C(C)(C)C(=O)O. The molecule has 0 fully saturated rings. The zero-order valence-electron chi connectivity index (χ0n) is 18.4. The summed E-state index contributed by atoms with van der Waals surface area (Å²) in [7, 11) is 4.15. The molecular formula is C22H47N2O2+. The first-order valence-corrected chi connectivity index (χ1v) is 11.0. The van der Waals surface area contributed by atoms with E-state index in [1.165, 1.54) is 64.2 Å². The van der Waals surface area contributed by atoms with Gasteiger partial charge in [-0.3, -0.25) is 0 Å². The van der Waals surface area contributed by atoms with Crippen LogP contribution in [0.15, 0.2) is 0 Å². The van der Waals surface area contributed by atoms with E-state index in [0.717, 1.165) is 19.3 Å². The zero-order chi connectivity index (χ0) is 20.1. The minimum absolute atomic E-state index is 0.360. The van der Waals surface area contributed by atoms with Gasteiger partial charge in [0, 0.05) is 20.3 Å². The van der Waals surface area contributed by atoms with Crippen LogP contribution in [-0.4, -0.2) is 47.8 Å². The van der Waals surface area contributed by atoms with Crippen LogP contribution in [0.2, 0.25) is 0 Å². The Labute approximate surface area is 163 Å². The van der Waals surface area contributed by atoms with E-state index in [1.54, 1.807) is 0 Å². The Morgan fingerprint density at radius 3 is 1.73 bits per heavy atom. The van der Waals surface area contributed by atoms with Crippen LogP contribution in [0.5, 0.6) is 0 Å². The van der Waals surface area contributed by atoms with Crippen molar-refractivity contribution in [3.63, 3.8) is 0 Å². The number of hydrogen-bond donors (Lipinski definition) is 2. The number of carbonyl (C=O) groups is 1. The van der Waals surface area contributed by atoms with Crippen molar-refractivity contribution >= 4 is 5.97 Å². The average Bonchev–Trinajstić information content (AvgIpc) is 2.58. The van der Waals surface area contributed by atoms with Crippen LogP contribution in [0.25, 0.3) is 0 Å². The molecular weight excluding hydrogens is 324 g/mol. The summed E-state index contributed by atoms with van der Waals surface area (Å²) < 4.78 is 0.528. The highest BCUT2D eigenvalue weighted by atomic mass is 16.4. The quantitative estimate of drug-likeness (QED) is 0.268. The molecule has 0 aliphatic heterocycles. The van der Waals surface area contributed by atoms with Gasteiger partial charge in [0.05, 0.1) is 20.1 Å². The van der Waals surface area contributed by atoms with Crippen molar-refractivity contribution in [3.05, 3.63) is 0 Å². The first-order valence-electron chi connectivity index (χ1n) is 11.0. The number of unbranched alkanes of at least 4 members (excludes halogenated alkanes) is 9. The molecule has 3 N–H and O–H groups in total. The molecule has 0 aliphatic rings. The molecule has 0 heterocycles. The van der Waals surface area contributed by atoms with Crippen molar-refractivity contribution in [3.8, 4) is 0 Å². The van der Waals surface area contributed by atoms with E-state index in [1.807, 2.05) is 13.8 Å². The summed E-state index contributed by atoms with van der Waals surface area (Å²) in [5, 5.41) is 9.66. The standard InChI is InChI=1S/C22H46N2O2/c1-6-7-8-9-10-11-12-13-14-15-17-20(18-16-19-23)24(4,5)22(2,3)21(25)26/h20H,6-19,23H2,1-5H3/p+1. The number of nitrogens with two attached hydrogens (primary N) is 1. The monoisotopic (exact) mass is 371 g/mol. The van der Waals surface area contributed by atoms with Gasteiger partial charge in [-0.2, -0.15) is 0 Å². The second kappa shape index (κ2) is 13.5. The molecule has 156 valence electrons. The molecule has 0 rings (SSSR count). The Hall–Kier alpha value is -0.610. The van der Waals surface area contributed by atoms with E-state index in [-0.39, 0.29) is 0 Å². The topological polar surface area (TPSA) is 63.3 Å². The maximum atomic E-state index is 11.7. The van der Waals surface area contributed by atoms with Gasteiger partial charge in [-0.25, -0.2) is 4.79 Å². The van der Waals surface area contributed by atoms with Crippen LogP contribution >= 0.6 is 0 Å². The molecule has 0 aliphatic carbocycles. The molecule has 0 aromatic carbocycles. The van der Waals surface area contributed by atoms with Crippen molar-refractivity contribution in [1.82, 2.24) is 0 Å². The third-order valence-corrected chi connectivity index (χ3v) is 6.51. The second-order valence-electron chi connectivity index (χ2n) is 8.96. The molecule has 1 atom stereocenters. The minimum Gasteiger partial charge on any atom is -0.477 e. The van der Waals surface area contributed by atoms with E-state index in [0.29, 0.717) is 17.1 Å². The van der Waals surface area contributed by atoms with Gasteiger partial charge in [0.15, 0.2) is 5.54 Å². The predicted octanol–water partition coefficient (Wildman–Crippen LogP) is 5.34. The molecule has 0 saturated heterocycles. The number of carboxylic acids is 1. The van der Waals surface area contributed by atoms with Crippen molar-refractivity contribution in [1.29, 1.82) is 0 Å². The Bertz CT molecular complexity index is 367. The van der Waals surface area contributed by atoms with E-state index < -0.39 is 11.5 Å². The number of hydrogen-bond acceptors (Lipinski definition) is 2. The summed E-state index contributed by atoms with van der Waals surface area (Å²) in [5.74, 6) is -0.719. The van der Waals surface area contributed by atoms with Gasteiger partial charge < -0.3 is 15.3 Å². The van der Waals surface area contributed by atoms with E-state index in [9.17, 15) is 9.90 Å². The van der Waals surface area contributed by atoms with Crippen LogP contribution in [0, 0.1) is 0 Å². The molecule has 26 heavy (non-hydrogen) atoms. The summed E-state index contributed by atoms with van der Waals surface area (Å²) >= 11 is 0. The molecule has 0 aromatic heterocycles. The number of likely N-dealkylation sites (N-methyl/N-ethyl adjacent to an activating group) is 1. The van der Waals surface area contributed by atoms with Crippen molar-refractivity contribution in [2.24, 2.45) is 5.73 Å². The first-order chi connectivity index (χ1) is 12.2. The number of nitrogens with zero attached hydrogens (tertiary/aromatic N) is 1. The molecule has 1 unspecified atom stereocenters. The largest absolute Gasteiger partial charge is 0.477 e. The zero-order valence-corrected chi connectivity index (χ0v) is 18.4. The third-order valence-electron chi connectivity index (χ3n) is 6.51. The number of aliphatic carboxylic acids is 1. The maximum Gasteiger partial charge on any atom is 0.365 e. The van der Waals surface area contributed by atoms with Gasteiger partial charge in [-0.1, -0.05) is 64.7 Å². The molecule has 0 saturated carbocycles. The van der Waals surface area contributed by atoms with Crippen molar-refractivity contribution in [2.45, 2.75) is 116 Å². The lowest BCUT2D eigenvalue weighted by Crippen LogP contribution is -2.65. The fraction of sp³-hybridized carbons (Fsp3) is 0.955. The van der Waals surface area contributed by atoms with Gasteiger partial charge in [-0.15, -0.1) is 0 Å². The fourth-order valence-electron chi connectivity index (χ4n) is 3.71. The predicted molar refractivity (Wildman–Crippen MR) is 112 cm³/mol. The Morgan fingerprint density at radius 1 is 0.885 bits per heavy atom. The number of quaternary nitrogens is 1. The number of carboxylic acid groups (broad SMARTS) is 1. The van der Waals surface area contributed by atoms with Gasteiger partial charge in [0.2, 0.25) is 0 Å². The smallest absolute Gasteiger partial charge is 0.365 e.